The monoisotopic (exact) mass is 580 g/mol. The first-order chi connectivity index (χ1) is 19.0. The number of hydrogen-bond acceptors (Lipinski definition) is 9. The highest BCUT2D eigenvalue weighted by Gasteiger charge is 2.27. The number of nitrogens with one attached hydrogen (secondary N) is 3. The normalized spacial score (nSPS) is 12.3. The van der Waals surface area contributed by atoms with Gasteiger partial charge in [-0.15, -0.1) is 0 Å². The van der Waals surface area contributed by atoms with E-state index in [1.165, 1.54) is 43.5 Å². The Labute approximate surface area is 225 Å². The molecule has 4 rings (SSSR count). The number of hydrogen-bond donors (Lipinski definition) is 4. The Bertz CT molecular complexity index is 1610. The van der Waals surface area contributed by atoms with E-state index in [-0.39, 0.29) is 46.5 Å². The summed E-state index contributed by atoms with van der Waals surface area (Å²) in [4.78, 5) is 12.4. The van der Waals surface area contributed by atoms with Crippen molar-refractivity contribution in [3.63, 3.8) is 0 Å². The third kappa shape index (κ3) is 6.35. The topological polar surface area (TPSA) is 174 Å². The number of amides is 1. The molecule has 4 aromatic rings. The van der Waals surface area contributed by atoms with Gasteiger partial charge in [-0.05, 0) is 36.8 Å². The Hall–Kier alpha value is -4.57. The van der Waals surface area contributed by atoms with Crippen LogP contribution in [0.4, 0.5) is 30.5 Å². The zero-order valence-corrected chi connectivity index (χ0v) is 21.8. The predicted octanol–water partition coefficient (Wildman–Crippen LogP) is 4.09. The number of primary amides is 1. The second-order valence-corrected chi connectivity index (χ2v) is 10.0. The van der Waals surface area contributed by atoms with E-state index in [2.05, 4.69) is 20.7 Å². The number of aryl methyl sites for hydroxylation is 1. The molecule has 12 nitrogen and oxygen atoms in total. The maximum atomic E-state index is 13.5. The number of rotatable bonds is 12. The number of carbonyl (C=O) groups excluding carboxylic acids is 1. The molecule has 0 aliphatic rings. The number of halogens is 3. The highest BCUT2D eigenvalue weighted by Crippen LogP contribution is 2.37. The first kappa shape index (κ1) is 28.4. The molecule has 0 fully saturated rings. The summed E-state index contributed by atoms with van der Waals surface area (Å²) in [6.45, 7) is 1.59. The van der Waals surface area contributed by atoms with Gasteiger partial charge < -0.3 is 25.0 Å². The number of aromatic nitrogens is 3. The number of aromatic amines is 1. The van der Waals surface area contributed by atoms with Crippen LogP contribution in [0.1, 0.15) is 27.8 Å². The number of methoxy groups -OCH3 is 1. The first-order valence-corrected chi connectivity index (χ1v) is 13.0. The number of nitrogens with two attached hydrogens (primary N) is 1. The maximum Gasteiger partial charge on any atom is 0.355 e. The Balaban J connectivity index is 1.79. The van der Waals surface area contributed by atoms with Gasteiger partial charge in [0.2, 0.25) is 0 Å². The van der Waals surface area contributed by atoms with Crippen LogP contribution in [-0.4, -0.2) is 49.2 Å². The second-order valence-electron chi connectivity index (χ2n) is 8.37. The first-order valence-electron chi connectivity index (χ1n) is 11.4. The highest BCUT2D eigenvalue weighted by molar-refractivity contribution is 7.93. The van der Waals surface area contributed by atoms with E-state index in [9.17, 15) is 26.4 Å². The third-order valence-corrected chi connectivity index (χ3v) is 6.44. The Kier molecular flexibility index (Phi) is 8.29. The Morgan fingerprint density at radius 3 is 2.50 bits per heavy atom. The molecular weight excluding hydrogens is 557 g/mol. The number of ether oxygens (including phenoxy) is 2. The van der Waals surface area contributed by atoms with E-state index in [1.807, 2.05) is 0 Å². The quantitative estimate of drug-likeness (QED) is 0.192. The van der Waals surface area contributed by atoms with Crippen LogP contribution in [0.5, 0.6) is 5.75 Å². The van der Waals surface area contributed by atoms with Gasteiger partial charge in [-0.3, -0.25) is 14.6 Å². The van der Waals surface area contributed by atoms with Gasteiger partial charge in [-0.25, -0.2) is 12.8 Å². The van der Waals surface area contributed by atoms with Gasteiger partial charge in [0.05, 0.1) is 12.3 Å². The molecule has 0 spiro atoms. The lowest BCUT2D eigenvalue weighted by molar-refractivity contribution is 0.0815. The fraction of sp³-hybridized carbons (Fsp3) is 0.208. The van der Waals surface area contributed by atoms with Crippen LogP contribution in [0.3, 0.4) is 0 Å². The number of alkyl halides is 2. The molecule has 0 unspecified atom stereocenters. The summed E-state index contributed by atoms with van der Waals surface area (Å²) in [5.74, 6) is -4.48. The number of anilines is 3. The minimum atomic E-state index is -5.09. The molecule has 0 saturated heterocycles. The maximum absolute atomic E-state index is 13.5. The fourth-order valence-corrected chi connectivity index (χ4v) is 4.23. The molecule has 0 aliphatic heterocycles. The van der Waals surface area contributed by atoms with Crippen LogP contribution in [0.25, 0.3) is 11.3 Å². The average Bonchev–Trinajstić information content (AvgIpc) is 3.51. The summed E-state index contributed by atoms with van der Waals surface area (Å²) in [5, 5.41) is 13.4. The lowest BCUT2D eigenvalue weighted by Gasteiger charge is -2.22. The smallest absolute Gasteiger partial charge is 0.355 e. The molecule has 2 heterocycles. The van der Waals surface area contributed by atoms with E-state index in [0.717, 1.165) is 6.07 Å². The van der Waals surface area contributed by atoms with E-state index in [4.69, 9.17) is 19.7 Å². The van der Waals surface area contributed by atoms with Crippen LogP contribution >= 0.6 is 0 Å². The van der Waals surface area contributed by atoms with E-state index in [1.54, 1.807) is 17.7 Å². The van der Waals surface area contributed by atoms with Gasteiger partial charge in [0.1, 0.15) is 40.5 Å². The summed E-state index contributed by atoms with van der Waals surface area (Å²) >= 11 is 0. The van der Waals surface area contributed by atoms with E-state index < -0.39 is 33.6 Å². The molecule has 2 aromatic carbocycles. The van der Waals surface area contributed by atoms with Crippen molar-refractivity contribution in [1.82, 2.24) is 15.4 Å². The molecule has 16 heteroatoms. The van der Waals surface area contributed by atoms with E-state index >= 15 is 0 Å². The molecule has 212 valence electrons. The summed E-state index contributed by atoms with van der Waals surface area (Å²) in [5.41, 5.74) is 5.89. The molecule has 5 N–H and O–H groups in total. The molecule has 0 radical (unpaired) electrons. The molecule has 0 bridgehead atoms. The number of H-pyrrole nitrogens is 1. The second kappa shape index (κ2) is 11.7. The molecule has 40 heavy (non-hydrogen) atoms. The van der Waals surface area contributed by atoms with Crippen molar-refractivity contribution in [3.8, 4) is 17.0 Å². The Morgan fingerprint density at radius 2 is 1.90 bits per heavy atom. The summed E-state index contributed by atoms with van der Waals surface area (Å²) < 4.78 is 81.7. The minimum Gasteiger partial charge on any atom is -0.481 e. The van der Waals surface area contributed by atoms with Gasteiger partial charge in [0.15, 0.2) is 5.82 Å². The fourth-order valence-electron chi connectivity index (χ4n) is 3.66. The number of benzene rings is 2. The van der Waals surface area contributed by atoms with Crippen LogP contribution in [-0.2, 0) is 14.8 Å². The number of carbonyl (C=O) groups is 1. The van der Waals surface area contributed by atoms with Gasteiger partial charge in [-0.1, -0.05) is 23.4 Å². The van der Waals surface area contributed by atoms with Gasteiger partial charge in [0, 0.05) is 18.7 Å². The van der Waals surface area contributed by atoms with Crippen molar-refractivity contribution in [2.24, 2.45) is 5.73 Å². The minimum absolute atomic E-state index is 0.0356. The molecular formula is C24H23F3N6O6S. The third-order valence-electron chi connectivity index (χ3n) is 5.46. The zero-order valence-electron chi connectivity index (χ0n) is 20.9. The zero-order chi connectivity index (χ0) is 29.0. The summed E-state index contributed by atoms with van der Waals surface area (Å²) in [7, 11) is -3.71. The van der Waals surface area contributed by atoms with E-state index in [0.29, 0.717) is 11.3 Å². The standard InChI is InChI=1S/C24H23F3N6O6S/c1-12-9-19(32-39-12)29-23-20(22(28)34)21(30-31-23)14-5-8-16(33-40(35,36)24(26)27)17(10-14)38-18(11-37-2)13-3-6-15(25)7-4-13/h3-10,18,24,33H,11H2,1-2H3,(H2,28,34)(H2,29,30,31,32)/t18-/m1/s1. The lowest BCUT2D eigenvalue weighted by atomic mass is 10.1. The van der Waals surface area contributed by atoms with Crippen LogP contribution in [0.15, 0.2) is 53.1 Å². The van der Waals surface area contributed by atoms with Crippen molar-refractivity contribution < 1.29 is 40.4 Å². The Morgan fingerprint density at radius 1 is 1.18 bits per heavy atom. The molecule has 0 saturated carbocycles. The molecule has 2 aromatic heterocycles. The molecule has 0 aliphatic carbocycles. The van der Waals surface area contributed by atoms with Crippen molar-refractivity contribution >= 4 is 33.3 Å². The summed E-state index contributed by atoms with van der Waals surface area (Å²) in [6.07, 6.45) is -0.918. The summed E-state index contributed by atoms with van der Waals surface area (Å²) in [6, 6.07) is 10.5. The molecule has 1 amide bonds. The molecule has 1 atom stereocenters. The SMILES string of the molecule is COC[C@@H](Oc1cc(-c2n[nH]c(Nc3cc(C)on3)c2C(N)=O)ccc1NS(=O)(=O)C(F)F)c1ccc(F)cc1. The largest absolute Gasteiger partial charge is 0.481 e. The van der Waals surface area contributed by atoms with Crippen molar-refractivity contribution in [3.05, 3.63) is 71.2 Å². The van der Waals surface area contributed by atoms with Crippen molar-refractivity contribution in [2.75, 3.05) is 23.8 Å². The van der Waals surface area contributed by atoms with Gasteiger partial charge >= 0.3 is 5.76 Å². The van der Waals surface area contributed by atoms with Crippen LogP contribution in [0.2, 0.25) is 0 Å². The average molecular weight is 581 g/mol. The van der Waals surface area contributed by atoms with Crippen LogP contribution < -0.4 is 20.5 Å². The van der Waals surface area contributed by atoms with Gasteiger partial charge in [-0.2, -0.15) is 13.9 Å². The highest BCUT2D eigenvalue weighted by atomic mass is 32.2. The number of nitrogens with zero attached hydrogens (tertiary/aromatic N) is 2. The van der Waals surface area contributed by atoms with Gasteiger partial charge in [0.25, 0.3) is 15.9 Å². The predicted molar refractivity (Wildman–Crippen MR) is 137 cm³/mol. The number of sulfonamides is 1. The van der Waals surface area contributed by atoms with Crippen LogP contribution in [0, 0.1) is 12.7 Å². The lowest BCUT2D eigenvalue weighted by Crippen LogP contribution is -2.22. The van der Waals surface area contributed by atoms with Crippen molar-refractivity contribution in [1.29, 1.82) is 0 Å². The van der Waals surface area contributed by atoms with Crippen molar-refractivity contribution in [2.45, 2.75) is 18.8 Å².